The van der Waals surface area contributed by atoms with Crippen molar-refractivity contribution < 1.29 is 9.18 Å². The molecule has 0 bridgehead atoms. The lowest BCUT2D eigenvalue weighted by molar-refractivity contribution is -0.117. The maximum Gasteiger partial charge on any atom is 0.238 e. The molecule has 1 aromatic carbocycles. The van der Waals surface area contributed by atoms with Gasteiger partial charge in [-0.15, -0.1) is 11.3 Å². The number of anilines is 2. The molecule has 0 saturated carbocycles. The number of carbonyl (C=O) groups is 1. The van der Waals surface area contributed by atoms with Gasteiger partial charge in [-0.2, -0.15) is 0 Å². The van der Waals surface area contributed by atoms with Crippen LogP contribution < -0.4 is 11.1 Å². The summed E-state index contributed by atoms with van der Waals surface area (Å²) in [7, 11) is 1.80. The molecule has 0 spiro atoms. The molecule has 1 aromatic heterocycles. The quantitative estimate of drug-likeness (QED) is 0.827. The minimum absolute atomic E-state index is 0.0945. The van der Waals surface area contributed by atoms with Crippen LogP contribution in [-0.4, -0.2) is 29.4 Å². The zero-order valence-corrected chi connectivity index (χ0v) is 11.8. The summed E-state index contributed by atoms with van der Waals surface area (Å²) < 4.78 is 13.5. The molecule has 2 aromatic rings. The van der Waals surface area contributed by atoms with Crippen molar-refractivity contribution in [2.75, 3.05) is 24.6 Å². The summed E-state index contributed by atoms with van der Waals surface area (Å²) in [5, 5.41) is 4.43. The highest BCUT2D eigenvalue weighted by Crippen LogP contribution is 2.17. The van der Waals surface area contributed by atoms with Crippen LogP contribution in [0.25, 0.3) is 0 Å². The third-order valence-electron chi connectivity index (χ3n) is 2.59. The largest absolute Gasteiger partial charge is 0.399 e. The molecule has 0 aliphatic carbocycles. The highest BCUT2D eigenvalue weighted by Gasteiger charge is 2.11. The van der Waals surface area contributed by atoms with Crippen LogP contribution in [0, 0.1) is 5.82 Å². The summed E-state index contributed by atoms with van der Waals surface area (Å²) in [5.74, 6) is -0.804. The Balaban J connectivity index is 1.90. The number of carbonyl (C=O) groups excluding carboxylic acids is 1. The van der Waals surface area contributed by atoms with Gasteiger partial charge in [-0.3, -0.25) is 9.69 Å². The SMILES string of the molecule is CN(CC(=O)Nc1cc(N)ccc1F)Cc1cscn1. The van der Waals surface area contributed by atoms with Crippen LogP contribution in [0.3, 0.4) is 0 Å². The molecule has 0 radical (unpaired) electrons. The number of hydrogen-bond donors (Lipinski definition) is 2. The first-order chi connectivity index (χ1) is 9.54. The maximum atomic E-state index is 13.5. The van der Waals surface area contributed by atoms with Gasteiger partial charge in [-0.1, -0.05) is 0 Å². The Labute approximate surface area is 120 Å². The molecule has 2 rings (SSSR count). The van der Waals surface area contributed by atoms with Crippen LogP contribution in [-0.2, 0) is 11.3 Å². The van der Waals surface area contributed by atoms with E-state index in [4.69, 9.17) is 5.73 Å². The summed E-state index contributed by atoms with van der Waals surface area (Å²) in [6, 6.07) is 4.07. The Morgan fingerprint density at radius 3 is 3.05 bits per heavy atom. The smallest absolute Gasteiger partial charge is 0.238 e. The maximum absolute atomic E-state index is 13.5. The molecule has 0 fully saturated rings. The Morgan fingerprint density at radius 2 is 2.35 bits per heavy atom. The van der Waals surface area contributed by atoms with E-state index in [1.54, 1.807) is 17.5 Å². The fraction of sp³-hybridized carbons (Fsp3) is 0.231. The Hall–Kier alpha value is -1.99. The lowest BCUT2D eigenvalue weighted by Crippen LogP contribution is -2.30. The van der Waals surface area contributed by atoms with Crippen molar-refractivity contribution in [3.8, 4) is 0 Å². The van der Waals surface area contributed by atoms with E-state index in [1.807, 2.05) is 5.38 Å². The molecule has 20 heavy (non-hydrogen) atoms. The average molecular weight is 294 g/mol. The highest BCUT2D eigenvalue weighted by molar-refractivity contribution is 7.07. The van der Waals surface area contributed by atoms with E-state index in [9.17, 15) is 9.18 Å². The van der Waals surface area contributed by atoms with Crippen molar-refractivity contribution in [2.24, 2.45) is 0 Å². The van der Waals surface area contributed by atoms with Gasteiger partial charge in [-0.05, 0) is 25.2 Å². The minimum Gasteiger partial charge on any atom is -0.399 e. The number of nitrogens with one attached hydrogen (secondary N) is 1. The van der Waals surface area contributed by atoms with Gasteiger partial charge in [-0.25, -0.2) is 9.37 Å². The van der Waals surface area contributed by atoms with Crippen molar-refractivity contribution >= 4 is 28.6 Å². The normalized spacial score (nSPS) is 10.8. The summed E-state index contributed by atoms with van der Waals surface area (Å²) >= 11 is 1.50. The van der Waals surface area contributed by atoms with Gasteiger partial charge >= 0.3 is 0 Å². The van der Waals surface area contributed by atoms with Gasteiger partial charge in [0.2, 0.25) is 5.91 Å². The standard InChI is InChI=1S/C13H15FN4OS/c1-18(5-10-7-20-8-16-10)6-13(19)17-12-4-9(15)2-3-11(12)14/h2-4,7-8H,5-6,15H2,1H3,(H,17,19). The number of likely N-dealkylation sites (N-methyl/N-ethyl adjacent to an activating group) is 1. The molecule has 1 amide bonds. The van der Waals surface area contributed by atoms with Crippen LogP contribution in [0.4, 0.5) is 15.8 Å². The van der Waals surface area contributed by atoms with Crippen molar-refractivity contribution in [3.05, 3.63) is 40.6 Å². The van der Waals surface area contributed by atoms with E-state index in [0.29, 0.717) is 12.2 Å². The Morgan fingerprint density at radius 1 is 1.55 bits per heavy atom. The first-order valence-electron chi connectivity index (χ1n) is 5.95. The van der Waals surface area contributed by atoms with Crippen LogP contribution in [0.15, 0.2) is 29.1 Å². The van der Waals surface area contributed by atoms with Gasteiger partial charge in [0.15, 0.2) is 0 Å². The van der Waals surface area contributed by atoms with Crippen molar-refractivity contribution in [2.45, 2.75) is 6.54 Å². The number of benzene rings is 1. The Bertz CT molecular complexity index is 588. The number of thiazole rings is 1. The predicted molar refractivity (Wildman–Crippen MR) is 77.9 cm³/mol. The summed E-state index contributed by atoms with van der Waals surface area (Å²) in [6.07, 6.45) is 0. The number of halogens is 1. The van der Waals surface area contributed by atoms with E-state index in [1.165, 1.54) is 29.5 Å². The number of amides is 1. The lowest BCUT2D eigenvalue weighted by atomic mass is 10.2. The molecule has 106 valence electrons. The third-order valence-corrected chi connectivity index (χ3v) is 3.23. The third kappa shape index (κ3) is 4.01. The van der Waals surface area contributed by atoms with Crippen molar-refractivity contribution in [1.29, 1.82) is 0 Å². The van der Waals surface area contributed by atoms with Gasteiger partial charge in [0.1, 0.15) is 5.82 Å². The summed E-state index contributed by atoms with van der Waals surface area (Å²) in [5.41, 5.74) is 8.70. The molecule has 3 N–H and O–H groups in total. The molecule has 0 aliphatic heterocycles. The highest BCUT2D eigenvalue weighted by atomic mass is 32.1. The van der Waals surface area contributed by atoms with E-state index in [2.05, 4.69) is 10.3 Å². The van der Waals surface area contributed by atoms with Gasteiger partial charge in [0.05, 0.1) is 23.4 Å². The molecular weight excluding hydrogens is 279 g/mol. The topological polar surface area (TPSA) is 71.2 Å². The van der Waals surface area contributed by atoms with E-state index >= 15 is 0 Å². The van der Waals surface area contributed by atoms with Crippen molar-refractivity contribution in [1.82, 2.24) is 9.88 Å². The first kappa shape index (κ1) is 14.4. The fourth-order valence-corrected chi connectivity index (χ4v) is 2.27. The average Bonchev–Trinajstić information content (AvgIpc) is 2.86. The number of hydrogen-bond acceptors (Lipinski definition) is 5. The van der Waals surface area contributed by atoms with Crippen molar-refractivity contribution in [3.63, 3.8) is 0 Å². The molecule has 0 aliphatic rings. The summed E-state index contributed by atoms with van der Waals surface area (Å²) in [6.45, 7) is 0.710. The van der Waals surface area contributed by atoms with Gasteiger partial charge < -0.3 is 11.1 Å². The number of nitrogens with two attached hydrogens (primary N) is 1. The van der Waals surface area contributed by atoms with Crippen LogP contribution in [0.5, 0.6) is 0 Å². The molecule has 5 nitrogen and oxygen atoms in total. The monoisotopic (exact) mass is 294 g/mol. The number of aromatic nitrogens is 1. The second-order valence-corrected chi connectivity index (χ2v) is 5.16. The molecule has 1 heterocycles. The van der Waals surface area contributed by atoms with E-state index < -0.39 is 5.82 Å². The number of nitrogens with zero attached hydrogens (tertiary/aromatic N) is 2. The molecule has 7 heteroatoms. The van der Waals surface area contributed by atoms with Gasteiger partial charge in [0, 0.05) is 17.6 Å². The van der Waals surface area contributed by atoms with Crippen LogP contribution in [0.2, 0.25) is 0 Å². The second-order valence-electron chi connectivity index (χ2n) is 4.44. The molecular formula is C13H15FN4OS. The molecule has 0 atom stereocenters. The Kier molecular flexibility index (Phi) is 4.65. The zero-order valence-electron chi connectivity index (χ0n) is 11.0. The minimum atomic E-state index is -0.505. The first-order valence-corrected chi connectivity index (χ1v) is 6.89. The fourth-order valence-electron chi connectivity index (χ4n) is 1.72. The number of nitrogen functional groups attached to an aromatic ring is 1. The predicted octanol–water partition coefficient (Wildman–Crippen LogP) is 1.93. The van der Waals surface area contributed by atoms with Crippen LogP contribution >= 0.6 is 11.3 Å². The second kappa shape index (κ2) is 6.44. The number of rotatable bonds is 5. The zero-order chi connectivity index (χ0) is 14.5. The summed E-state index contributed by atoms with van der Waals surface area (Å²) in [4.78, 5) is 17.8. The van der Waals surface area contributed by atoms with E-state index in [-0.39, 0.29) is 18.1 Å². The lowest BCUT2D eigenvalue weighted by Gasteiger charge is -2.15. The van der Waals surface area contributed by atoms with Crippen LogP contribution in [0.1, 0.15) is 5.69 Å². The molecule has 0 saturated heterocycles. The van der Waals surface area contributed by atoms with E-state index in [0.717, 1.165) is 5.69 Å². The van der Waals surface area contributed by atoms with Gasteiger partial charge in [0.25, 0.3) is 0 Å². The molecule has 0 unspecified atom stereocenters.